The van der Waals surface area contributed by atoms with Crippen LogP contribution in [0.1, 0.15) is 13.8 Å². The summed E-state index contributed by atoms with van der Waals surface area (Å²) in [5, 5.41) is 6.08. The number of nitrogens with zero attached hydrogens (tertiary/aromatic N) is 1. The zero-order valence-corrected chi connectivity index (χ0v) is 11.1. The van der Waals surface area contributed by atoms with Crippen molar-refractivity contribution < 1.29 is 16.8 Å². The third-order valence-electron chi connectivity index (χ3n) is 1.62. The van der Waals surface area contributed by atoms with Crippen LogP contribution in [0.2, 0.25) is 0 Å². The zero-order chi connectivity index (χ0) is 13.1. The number of sulfonamides is 1. The van der Waals surface area contributed by atoms with Crippen LogP contribution in [0.15, 0.2) is 0 Å². The van der Waals surface area contributed by atoms with Crippen molar-refractivity contribution in [1.82, 2.24) is 4.31 Å². The highest BCUT2D eigenvalue weighted by molar-refractivity contribution is 8.06. The minimum Gasteiger partial charge on any atom is -0.387 e. The van der Waals surface area contributed by atoms with E-state index < -0.39 is 31.0 Å². The van der Waals surface area contributed by atoms with Gasteiger partial charge in [-0.25, -0.2) is 16.8 Å². The molecule has 0 aromatic carbocycles. The first-order chi connectivity index (χ1) is 6.96. The predicted molar refractivity (Wildman–Crippen MR) is 62.4 cm³/mol. The Morgan fingerprint density at radius 2 is 1.75 bits per heavy atom. The number of nitrogens with two attached hydrogens (primary N) is 1. The Morgan fingerprint density at radius 3 is 2.00 bits per heavy atom. The molecule has 0 saturated carbocycles. The van der Waals surface area contributed by atoms with Crippen molar-refractivity contribution in [2.24, 2.45) is 5.73 Å². The summed E-state index contributed by atoms with van der Waals surface area (Å²) >= 11 is 0. The third-order valence-corrected chi connectivity index (χ3v) is 5.79. The Bertz CT molecular complexity index is 452. The van der Waals surface area contributed by atoms with E-state index in [1.807, 2.05) is 0 Å². The smallest absolute Gasteiger partial charge is 0.229 e. The third kappa shape index (κ3) is 5.42. The average Bonchev–Trinajstić information content (AvgIpc) is 1.93. The SMILES string of the molecule is CC(C)N(CC(=N)N)S(=O)(=O)CS(C)(=O)=O. The van der Waals surface area contributed by atoms with Gasteiger partial charge < -0.3 is 5.73 Å². The Labute approximate surface area is 96.1 Å². The van der Waals surface area contributed by atoms with E-state index in [0.29, 0.717) is 0 Å². The molecule has 0 amide bonds. The summed E-state index contributed by atoms with van der Waals surface area (Å²) in [6, 6.07) is -0.448. The fourth-order valence-electron chi connectivity index (χ4n) is 1.11. The summed E-state index contributed by atoms with van der Waals surface area (Å²) in [5.74, 6) is -0.328. The van der Waals surface area contributed by atoms with Gasteiger partial charge in [0.15, 0.2) is 14.9 Å². The molecule has 0 fully saturated rings. The largest absolute Gasteiger partial charge is 0.387 e. The summed E-state index contributed by atoms with van der Waals surface area (Å²) in [7, 11) is -7.59. The van der Waals surface area contributed by atoms with Gasteiger partial charge in [-0.15, -0.1) is 0 Å². The molecule has 3 N–H and O–H groups in total. The number of hydrogen-bond acceptors (Lipinski definition) is 5. The first-order valence-electron chi connectivity index (χ1n) is 4.46. The molecule has 0 heterocycles. The zero-order valence-electron chi connectivity index (χ0n) is 9.47. The molecular weight excluding hydrogens is 254 g/mol. The van der Waals surface area contributed by atoms with Gasteiger partial charge in [0.1, 0.15) is 5.84 Å². The molecule has 16 heavy (non-hydrogen) atoms. The van der Waals surface area contributed by atoms with Crippen molar-refractivity contribution in [3.63, 3.8) is 0 Å². The predicted octanol–water partition coefficient (Wildman–Crippen LogP) is -1.04. The number of hydrogen-bond donors (Lipinski definition) is 2. The first-order valence-corrected chi connectivity index (χ1v) is 8.13. The van der Waals surface area contributed by atoms with Crippen molar-refractivity contribution in [2.45, 2.75) is 19.9 Å². The van der Waals surface area contributed by atoms with E-state index in [2.05, 4.69) is 0 Å². The summed E-state index contributed by atoms with van der Waals surface area (Å²) in [5.41, 5.74) is 5.12. The van der Waals surface area contributed by atoms with E-state index in [-0.39, 0.29) is 12.4 Å². The van der Waals surface area contributed by atoms with Crippen molar-refractivity contribution >= 4 is 25.7 Å². The molecule has 7 nitrogen and oxygen atoms in total. The summed E-state index contributed by atoms with van der Waals surface area (Å²) in [6.07, 6.45) is 0.844. The van der Waals surface area contributed by atoms with Gasteiger partial charge >= 0.3 is 0 Å². The molecule has 0 aromatic heterocycles. The lowest BCUT2D eigenvalue weighted by molar-refractivity contribution is 0.391. The summed E-state index contributed by atoms with van der Waals surface area (Å²) < 4.78 is 46.3. The topological polar surface area (TPSA) is 121 Å². The van der Waals surface area contributed by atoms with E-state index >= 15 is 0 Å². The van der Waals surface area contributed by atoms with Gasteiger partial charge in [-0.3, -0.25) is 5.41 Å². The lowest BCUT2D eigenvalue weighted by Crippen LogP contribution is -2.44. The highest BCUT2D eigenvalue weighted by atomic mass is 32.3. The van der Waals surface area contributed by atoms with E-state index in [1.165, 1.54) is 0 Å². The van der Waals surface area contributed by atoms with E-state index in [1.54, 1.807) is 13.8 Å². The van der Waals surface area contributed by atoms with Gasteiger partial charge in [-0.05, 0) is 13.8 Å². The van der Waals surface area contributed by atoms with Crippen LogP contribution in [0.4, 0.5) is 0 Å². The molecule has 0 aromatic rings. The van der Waals surface area contributed by atoms with Gasteiger partial charge in [0.05, 0.1) is 6.54 Å². The molecule has 0 bridgehead atoms. The van der Waals surface area contributed by atoms with Crippen LogP contribution >= 0.6 is 0 Å². The molecular formula is C7H17N3O4S2. The Balaban J connectivity index is 5.14. The van der Waals surface area contributed by atoms with E-state index in [4.69, 9.17) is 11.1 Å². The van der Waals surface area contributed by atoms with E-state index in [0.717, 1.165) is 10.6 Å². The second-order valence-electron chi connectivity index (χ2n) is 3.82. The molecule has 0 atom stereocenters. The molecule has 0 spiro atoms. The van der Waals surface area contributed by atoms with Gasteiger partial charge in [0, 0.05) is 12.3 Å². The average molecular weight is 271 g/mol. The van der Waals surface area contributed by atoms with Crippen LogP contribution in [-0.2, 0) is 19.9 Å². The maximum atomic E-state index is 11.7. The highest BCUT2D eigenvalue weighted by Crippen LogP contribution is 2.09. The molecule has 0 rings (SSSR count). The maximum Gasteiger partial charge on any atom is 0.229 e. The maximum absolute atomic E-state index is 11.7. The number of amidine groups is 1. The monoisotopic (exact) mass is 271 g/mol. The summed E-state index contributed by atoms with van der Waals surface area (Å²) in [6.45, 7) is 2.88. The van der Waals surface area contributed by atoms with Gasteiger partial charge in [-0.2, -0.15) is 4.31 Å². The molecule has 0 aliphatic rings. The Hall–Kier alpha value is -0.670. The lowest BCUT2D eigenvalue weighted by atomic mass is 10.4. The van der Waals surface area contributed by atoms with Crippen LogP contribution in [0, 0.1) is 5.41 Å². The van der Waals surface area contributed by atoms with Crippen molar-refractivity contribution in [3.05, 3.63) is 0 Å². The van der Waals surface area contributed by atoms with E-state index in [9.17, 15) is 16.8 Å². The molecule has 9 heteroatoms. The second kappa shape index (κ2) is 5.11. The molecule has 0 aliphatic heterocycles. The second-order valence-corrected chi connectivity index (χ2v) is 8.25. The molecule has 0 radical (unpaired) electrons. The van der Waals surface area contributed by atoms with Crippen LogP contribution in [0.25, 0.3) is 0 Å². The minimum absolute atomic E-state index is 0.296. The van der Waals surface area contributed by atoms with Crippen LogP contribution < -0.4 is 5.73 Å². The number of rotatable bonds is 6. The number of sulfone groups is 1. The van der Waals surface area contributed by atoms with Crippen molar-refractivity contribution in [1.29, 1.82) is 5.41 Å². The molecule has 0 aliphatic carbocycles. The van der Waals surface area contributed by atoms with Crippen molar-refractivity contribution in [2.75, 3.05) is 17.9 Å². The lowest BCUT2D eigenvalue weighted by Gasteiger charge is -2.24. The fraction of sp³-hybridized carbons (Fsp3) is 0.857. The number of nitrogens with one attached hydrogen (secondary N) is 1. The van der Waals surface area contributed by atoms with Crippen LogP contribution in [0.3, 0.4) is 0 Å². The van der Waals surface area contributed by atoms with Gasteiger partial charge in [0.2, 0.25) is 10.0 Å². The molecule has 96 valence electrons. The standard InChI is InChI=1S/C7H17N3O4S2/c1-6(2)10(4-7(8)9)16(13,14)5-15(3,11)12/h6H,4-5H2,1-3H3,(H3,8,9). The van der Waals surface area contributed by atoms with Crippen LogP contribution in [0.5, 0.6) is 0 Å². The Morgan fingerprint density at radius 1 is 1.31 bits per heavy atom. The van der Waals surface area contributed by atoms with Gasteiger partial charge in [0.25, 0.3) is 0 Å². The molecule has 0 saturated heterocycles. The quantitative estimate of drug-likeness (QED) is 0.472. The highest BCUT2D eigenvalue weighted by Gasteiger charge is 2.29. The fourth-order valence-corrected chi connectivity index (χ4v) is 4.79. The van der Waals surface area contributed by atoms with Crippen molar-refractivity contribution in [3.8, 4) is 0 Å². The van der Waals surface area contributed by atoms with Gasteiger partial charge in [-0.1, -0.05) is 0 Å². The van der Waals surface area contributed by atoms with Crippen LogP contribution in [-0.4, -0.2) is 50.9 Å². The Kier molecular flexibility index (Phi) is 4.89. The minimum atomic E-state index is -3.95. The summed E-state index contributed by atoms with van der Waals surface area (Å²) in [4.78, 5) is 0. The first kappa shape index (κ1) is 15.3. The molecule has 0 unspecified atom stereocenters. The normalized spacial score (nSPS) is 13.3.